The van der Waals surface area contributed by atoms with E-state index in [1.54, 1.807) is 17.3 Å². The fourth-order valence-electron chi connectivity index (χ4n) is 10.2. The highest BCUT2D eigenvalue weighted by Gasteiger charge is 2.53. The predicted molar refractivity (Wildman–Crippen MR) is 198 cm³/mol. The van der Waals surface area contributed by atoms with Crippen LogP contribution in [-0.2, 0) is 11.8 Å². The molecule has 1 aromatic rings. The quantitative estimate of drug-likeness (QED) is 0.237. The fourth-order valence-corrected chi connectivity index (χ4v) is 10.2. The molecule has 0 spiro atoms. The number of hydrogen-bond donors (Lipinski definition) is 4. The first kappa shape index (κ1) is 36.1. The number of aliphatic hydroxyl groups excluding tert-OH is 1. The van der Waals surface area contributed by atoms with Gasteiger partial charge in [0.25, 0.3) is 0 Å². The van der Waals surface area contributed by atoms with Gasteiger partial charge >= 0.3 is 0 Å². The third kappa shape index (κ3) is 7.08. The van der Waals surface area contributed by atoms with E-state index < -0.39 is 0 Å². The third-order valence-electron chi connectivity index (χ3n) is 13.1. The molecule has 1 aromatic carbocycles. The van der Waals surface area contributed by atoms with E-state index in [-0.39, 0.29) is 12.0 Å². The van der Waals surface area contributed by atoms with Crippen molar-refractivity contribution in [3.05, 3.63) is 90.0 Å². The first-order chi connectivity index (χ1) is 21.9. The molecule has 2 fully saturated rings. The molecule has 6 atom stereocenters. The number of nitrogens with two attached hydrogens (primary N) is 1. The summed E-state index contributed by atoms with van der Waals surface area (Å²) in [7, 11) is 1.81. The van der Waals surface area contributed by atoms with Gasteiger partial charge in [0.1, 0.15) is 0 Å². The van der Waals surface area contributed by atoms with Gasteiger partial charge < -0.3 is 21.5 Å². The molecular formula is C42H65N3O. The van der Waals surface area contributed by atoms with E-state index in [1.807, 2.05) is 7.05 Å². The summed E-state index contributed by atoms with van der Waals surface area (Å²) in [5.41, 5.74) is 16.5. The van der Waals surface area contributed by atoms with Gasteiger partial charge in [0.05, 0.1) is 6.61 Å². The Morgan fingerprint density at radius 3 is 2.37 bits per heavy atom. The molecule has 0 heterocycles. The van der Waals surface area contributed by atoms with E-state index in [0.717, 1.165) is 29.6 Å². The maximum absolute atomic E-state index is 9.17. The number of fused-ring (bicyclic) bond motifs is 5. The second-order valence-electron chi connectivity index (χ2n) is 15.9. The number of rotatable bonds is 6. The Bertz CT molecular complexity index is 1320. The van der Waals surface area contributed by atoms with Crippen LogP contribution in [0.3, 0.4) is 0 Å². The Morgan fingerprint density at radius 1 is 1.00 bits per heavy atom. The summed E-state index contributed by atoms with van der Waals surface area (Å²) in [6.45, 7) is 23.6. The Hall–Kier alpha value is -2.72. The van der Waals surface area contributed by atoms with Crippen molar-refractivity contribution in [2.75, 3.05) is 19.0 Å². The van der Waals surface area contributed by atoms with Crippen LogP contribution in [0.25, 0.3) is 0 Å². The Morgan fingerprint density at radius 2 is 1.72 bits per heavy atom. The SMILES string of the molecule is C=CC1CCCC2(C)c3cc(NC(=C)CO)ccc3CCC12.C=CNC.CC(C)[C@@]1(C)CCCC2(C)C3=C(CCC(N)=C3)CCC21. The van der Waals surface area contributed by atoms with E-state index >= 15 is 0 Å². The minimum Gasteiger partial charge on any atom is -0.402 e. The highest BCUT2D eigenvalue weighted by atomic mass is 16.3. The maximum atomic E-state index is 9.17. The Kier molecular flexibility index (Phi) is 11.8. The summed E-state index contributed by atoms with van der Waals surface area (Å²) in [4.78, 5) is 0. The number of aliphatic hydroxyl groups is 1. The molecule has 5 aliphatic rings. The van der Waals surface area contributed by atoms with Crippen LogP contribution in [-0.4, -0.2) is 18.8 Å². The molecule has 5 aliphatic carbocycles. The van der Waals surface area contributed by atoms with Crippen molar-refractivity contribution in [2.45, 2.75) is 117 Å². The number of nitrogens with one attached hydrogen (secondary N) is 2. The van der Waals surface area contributed by atoms with Crippen molar-refractivity contribution < 1.29 is 5.11 Å². The van der Waals surface area contributed by atoms with Crippen LogP contribution in [0.1, 0.15) is 116 Å². The van der Waals surface area contributed by atoms with Gasteiger partial charge in [-0.1, -0.05) is 78.3 Å². The molecule has 0 amide bonds. The predicted octanol–water partition coefficient (Wildman–Crippen LogP) is 9.94. The minimum absolute atomic E-state index is 0.0322. The van der Waals surface area contributed by atoms with Gasteiger partial charge in [0.15, 0.2) is 0 Å². The summed E-state index contributed by atoms with van der Waals surface area (Å²) >= 11 is 0. The third-order valence-corrected chi connectivity index (χ3v) is 13.1. The first-order valence-corrected chi connectivity index (χ1v) is 18.2. The average molecular weight is 628 g/mol. The molecule has 46 heavy (non-hydrogen) atoms. The lowest BCUT2D eigenvalue weighted by atomic mass is 9.47. The second-order valence-corrected chi connectivity index (χ2v) is 15.9. The van der Waals surface area contributed by atoms with Gasteiger partial charge in [-0.3, -0.25) is 0 Å². The zero-order chi connectivity index (χ0) is 33.7. The molecule has 6 rings (SSSR count). The van der Waals surface area contributed by atoms with Crippen LogP contribution in [0.2, 0.25) is 0 Å². The minimum atomic E-state index is -0.0322. The molecule has 2 saturated carbocycles. The van der Waals surface area contributed by atoms with Gasteiger partial charge in [-0.2, -0.15) is 0 Å². The molecule has 254 valence electrons. The fraction of sp³-hybridized carbons (Fsp3) is 0.619. The largest absolute Gasteiger partial charge is 0.402 e. The van der Waals surface area contributed by atoms with Crippen molar-refractivity contribution in [2.24, 2.45) is 40.2 Å². The van der Waals surface area contributed by atoms with E-state index in [1.165, 1.54) is 81.8 Å². The molecule has 0 aromatic heterocycles. The lowest BCUT2D eigenvalue weighted by molar-refractivity contribution is -0.0315. The number of allylic oxidation sites excluding steroid dienone is 5. The monoisotopic (exact) mass is 628 g/mol. The van der Waals surface area contributed by atoms with Crippen LogP contribution in [0.4, 0.5) is 5.69 Å². The van der Waals surface area contributed by atoms with Gasteiger partial charge in [-0.15, -0.1) is 6.58 Å². The van der Waals surface area contributed by atoms with E-state index in [2.05, 4.69) is 95.3 Å². The van der Waals surface area contributed by atoms with Crippen molar-refractivity contribution in [3.8, 4) is 0 Å². The molecule has 5 N–H and O–H groups in total. The molecule has 5 unspecified atom stereocenters. The number of aryl methyl sites for hydroxylation is 1. The number of benzene rings is 1. The highest BCUT2D eigenvalue weighted by molar-refractivity contribution is 5.55. The molecule has 0 aliphatic heterocycles. The molecule has 0 bridgehead atoms. The van der Waals surface area contributed by atoms with E-state index in [0.29, 0.717) is 28.4 Å². The lowest BCUT2D eigenvalue weighted by Crippen LogP contribution is -2.49. The standard InChI is InChI=1S/C20H27NO.C19H31N.C3H7N/c1-4-15-6-5-11-20(3)18(15)10-8-16-7-9-17(12-19(16)20)21-14(2)13-22;1-13(2)18(3)10-5-11-19(4)16-12-15(20)8-6-14(16)7-9-17(18)19;1-3-4-2/h4,7,9,12,15,18,21-22H,1-2,5-6,8,10-11,13H2,3H3;12-13,17H,5-11,20H2,1-4H3;3-4H,1H2,2H3/t;17?,18-,19?;/m.1./s1. The van der Waals surface area contributed by atoms with Crippen LogP contribution in [0.15, 0.2) is 78.8 Å². The van der Waals surface area contributed by atoms with Gasteiger partial charge in [-0.25, -0.2) is 0 Å². The number of anilines is 1. The molecule has 4 heteroatoms. The summed E-state index contributed by atoms with van der Waals surface area (Å²) < 4.78 is 0. The highest BCUT2D eigenvalue weighted by Crippen LogP contribution is 2.63. The summed E-state index contributed by atoms with van der Waals surface area (Å²) in [6.07, 6.45) is 21.6. The van der Waals surface area contributed by atoms with Crippen molar-refractivity contribution >= 4 is 5.69 Å². The smallest absolute Gasteiger partial charge is 0.0824 e. The Labute approximate surface area is 281 Å². The van der Waals surface area contributed by atoms with Gasteiger partial charge in [0.2, 0.25) is 0 Å². The van der Waals surface area contributed by atoms with Crippen LogP contribution in [0, 0.1) is 34.5 Å². The van der Waals surface area contributed by atoms with E-state index in [9.17, 15) is 0 Å². The zero-order valence-corrected chi connectivity index (χ0v) is 30.1. The summed E-state index contributed by atoms with van der Waals surface area (Å²) in [5, 5.41) is 15.1. The molecule has 4 nitrogen and oxygen atoms in total. The van der Waals surface area contributed by atoms with Crippen molar-refractivity contribution in [1.29, 1.82) is 0 Å². The van der Waals surface area contributed by atoms with E-state index in [4.69, 9.17) is 10.8 Å². The molecule has 0 radical (unpaired) electrons. The first-order valence-electron chi connectivity index (χ1n) is 18.2. The lowest BCUT2D eigenvalue weighted by Gasteiger charge is -2.58. The topological polar surface area (TPSA) is 70.3 Å². The summed E-state index contributed by atoms with van der Waals surface area (Å²) in [5.74, 6) is 2.97. The summed E-state index contributed by atoms with van der Waals surface area (Å²) in [6, 6.07) is 6.65. The second kappa shape index (κ2) is 15.0. The van der Waals surface area contributed by atoms with Gasteiger partial charge in [0, 0.05) is 24.1 Å². The van der Waals surface area contributed by atoms with Crippen LogP contribution >= 0.6 is 0 Å². The Balaban J connectivity index is 0.000000188. The number of hydrogen-bond acceptors (Lipinski definition) is 4. The zero-order valence-electron chi connectivity index (χ0n) is 30.1. The molecule has 0 saturated heterocycles. The maximum Gasteiger partial charge on any atom is 0.0824 e. The average Bonchev–Trinajstić information content (AvgIpc) is 3.04. The normalized spacial score (nSPS) is 32.8. The van der Waals surface area contributed by atoms with Crippen LogP contribution < -0.4 is 16.4 Å². The molecular weight excluding hydrogens is 562 g/mol. The van der Waals surface area contributed by atoms with Crippen molar-refractivity contribution in [1.82, 2.24) is 5.32 Å². The van der Waals surface area contributed by atoms with Crippen LogP contribution in [0.5, 0.6) is 0 Å². The van der Waals surface area contributed by atoms with Gasteiger partial charge in [-0.05, 0) is 145 Å². The van der Waals surface area contributed by atoms with Crippen molar-refractivity contribution in [3.63, 3.8) is 0 Å².